The average molecular weight is 362 g/mol. The van der Waals surface area contributed by atoms with Crippen molar-refractivity contribution >= 4 is 17.8 Å². The van der Waals surface area contributed by atoms with Gasteiger partial charge in [0.05, 0.1) is 29.3 Å². The molecule has 9 heteroatoms. The summed E-state index contributed by atoms with van der Waals surface area (Å²) in [6.45, 7) is 2.12. The van der Waals surface area contributed by atoms with Crippen LogP contribution in [0.5, 0.6) is 11.5 Å². The Balaban J connectivity index is 1.59. The fourth-order valence-corrected chi connectivity index (χ4v) is 3.09. The second-order valence-electron chi connectivity index (χ2n) is 6.36. The quantitative estimate of drug-likeness (QED) is 0.488. The molecule has 2 aliphatic rings. The van der Waals surface area contributed by atoms with Crippen LogP contribution in [-0.2, 0) is 4.79 Å². The van der Waals surface area contributed by atoms with Gasteiger partial charge in [-0.2, -0.15) is 5.10 Å². The van der Waals surface area contributed by atoms with Crippen molar-refractivity contribution in [3.05, 3.63) is 27.8 Å². The maximum Gasteiger partial charge on any atom is 0.282 e. The number of amides is 1. The van der Waals surface area contributed by atoms with Gasteiger partial charge < -0.3 is 9.47 Å². The number of likely N-dealkylation sites (tertiary alicyclic amines) is 1. The lowest BCUT2D eigenvalue weighted by molar-refractivity contribution is -0.385. The summed E-state index contributed by atoms with van der Waals surface area (Å²) < 4.78 is 10.4. The lowest BCUT2D eigenvalue weighted by Gasteiger charge is -2.23. The van der Waals surface area contributed by atoms with Crippen molar-refractivity contribution in [1.82, 2.24) is 10.3 Å². The van der Waals surface area contributed by atoms with E-state index in [1.54, 1.807) is 0 Å². The van der Waals surface area contributed by atoms with Crippen molar-refractivity contribution in [1.29, 1.82) is 0 Å². The van der Waals surface area contributed by atoms with Crippen molar-refractivity contribution in [3.8, 4) is 11.5 Å². The van der Waals surface area contributed by atoms with Crippen LogP contribution < -0.4 is 14.9 Å². The van der Waals surface area contributed by atoms with Crippen molar-refractivity contribution in [2.75, 3.05) is 26.4 Å². The highest BCUT2D eigenvalue weighted by molar-refractivity contribution is 5.88. The number of nitro benzene ring substituents is 1. The molecule has 0 spiro atoms. The molecule has 1 aromatic carbocycles. The lowest BCUT2D eigenvalue weighted by atomic mass is 10.1. The van der Waals surface area contributed by atoms with Crippen molar-refractivity contribution in [2.45, 2.75) is 32.1 Å². The van der Waals surface area contributed by atoms with E-state index >= 15 is 0 Å². The zero-order chi connectivity index (χ0) is 18.4. The summed E-state index contributed by atoms with van der Waals surface area (Å²) in [5.41, 5.74) is 2.53. The standard InChI is InChI=1S/C17H22N4O5/c22-17(11-20-6-4-2-1-3-5-7-20)19-18-10-13-8-15-16(26-12-25-15)9-14(13)21(23)24/h8-10H,1-7,11-12H2,(H,19,22)/b18-10-. The van der Waals surface area contributed by atoms with Gasteiger partial charge in [0, 0.05) is 0 Å². The van der Waals surface area contributed by atoms with Crippen molar-refractivity contribution in [3.63, 3.8) is 0 Å². The van der Waals surface area contributed by atoms with E-state index < -0.39 is 4.92 Å². The zero-order valence-corrected chi connectivity index (χ0v) is 14.5. The molecule has 26 heavy (non-hydrogen) atoms. The normalized spacial score (nSPS) is 17.7. The number of hydrazone groups is 1. The van der Waals surface area contributed by atoms with Crippen molar-refractivity contribution < 1.29 is 19.2 Å². The number of benzene rings is 1. The van der Waals surface area contributed by atoms with Crippen LogP contribution in [0.3, 0.4) is 0 Å². The predicted molar refractivity (Wildman–Crippen MR) is 94.5 cm³/mol. The fourth-order valence-electron chi connectivity index (χ4n) is 3.09. The smallest absolute Gasteiger partial charge is 0.282 e. The number of rotatable bonds is 5. The van der Waals surface area contributed by atoms with Crippen LogP contribution >= 0.6 is 0 Å². The van der Waals surface area contributed by atoms with Crippen LogP contribution in [0.4, 0.5) is 5.69 Å². The van der Waals surface area contributed by atoms with E-state index in [1.165, 1.54) is 37.6 Å². The highest BCUT2D eigenvalue weighted by Gasteiger charge is 2.22. The maximum absolute atomic E-state index is 12.1. The van der Waals surface area contributed by atoms with E-state index in [-0.39, 0.29) is 30.5 Å². The molecule has 0 unspecified atom stereocenters. The number of ether oxygens (including phenoxy) is 2. The molecular formula is C17H22N4O5. The number of nitrogens with zero attached hydrogens (tertiary/aromatic N) is 3. The number of carbonyl (C=O) groups excluding carboxylic acids is 1. The van der Waals surface area contributed by atoms with Gasteiger partial charge >= 0.3 is 0 Å². The van der Waals surface area contributed by atoms with Crippen molar-refractivity contribution in [2.24, 2.45) is 5.10 Å². The first-order valence-electron chi connectivity index (χ1n) is 8.76. The molecule has 9 nitrogen and oxygen atoms in total. The van der Waals surface area contributed by atoms with Gasteiger partial charge in [-0.25, -0.2) is 5.43 Å². The largest absolute Gasteiger partial charge is 0.454 e. The second-order valence-corrected chi connectivity index (χ2v) is 6.36. The minimum absolute atomic E-state index is 0.0274. The van der Waals surface area contributed by atoms with Gasteiger partial charge in [0.25, 0.3) is 11.6 Å². The molecule has 0 bridgehead atoms. The fraction of sp³-hybridized carbons (Fsp3) is 0.529. The highest BCUT2D eigenvalue weighted by atomic mass is 16.7. The third kappa shape index (κ3) is 4.69. The molecule has 3 rings (SSSR count). The van der Waals surface area contributed by atoms with Gasteiger partial charge in [-0.15, -0.1) is 0 Å². The van der Waals surface area contributed by atoms with Crippen LogP contribution in [0.2, 0.25) is 0 Å². The predicted octanol–water partition coefficient (Wildman–Crippen LogP) is 2.04. The summed E-state index contributed by atoms with van der Waals surface area (Å²) in [6.07, 6.45) is 7.11. The summed E-state index contributed by atoms with van der Waals surface area (Å²) in [5, 5.41) is 15.1. The molecule has 1 N–H and O–H groups in total. The molecule has 0 radical (unpaired) electrons. The molecule has 1 aromatic rings. The van der Waals surface area contributed by atoms with Crippen LogP contribution in [0.15, 0.2) is 17.2 Å². The topological polar surface area (TPSA) is 106 Å². The van der Waals surface area contributed by atoms with Crippen LogP contribution in [0, 0.1) is 10.1 Å². The molecule has 0 atom stereocenters. The summed E-state index contributed by atoms with van der Waals surface area (Å²) >= 11 is 0. The molecular weight excluding hydrogens is 340 g/mol. The van der Waals surface area contributed by atoms with Crippen LogP contribution in [0.25, 0.3) is 0 Å². The SMILES string of the molecule is O=C(CN1CCCCCCC1)N/N=C\c1cc2c(cc1[N+](=O)[O-])OCO2. The van der Waals surface area contributed by atoms with E-state index in [4.69, 9.17) is 9.47 Å². The molecule has 0 aromatic heterocycles. The van der Waals surface area contributed by atoms with Gasteiger partial charge in [-0.3, -0.25) is 19.8 Å². The van der Waals surface area contributed by atoms with Gasteiger partial charge in [0.1, 0.15) is 0 Å². The van der Waals surface area contributed by atoms with Gasteiger partial charge in [0.2, 0.25) is 6.79 Å². The van der Waals surface area contributed by atoms with E-state index in [9.17, 15) is 14.9 Å². The van der Waals surface area contributed by atoms with Gasteiger partial charge in [-0.1, -0.05) is 19.3 Å². The summed E-state index contributed by atoms with van der Waals surface area (Å²) in [7, 11) is 0. The summed E-state index contributed by atoms with van der Waals surface area (Å²) in [4.78, 5) is 24.9. The second kappa shape index (κ2) is 8.61. The molecule has 140 valence electrons. The molecule has 0 saturated carbocycles. The number of hydrogen-bond acceptors (Lipinski definition) is 7. The molecule has 1 amide bonds. The molecule has 1 saturated heterocycles. The third-order valence-corrected chi connectivity index (χ3v) is 4.43. The minimum Gasteiger partial charge on any atom is -0.454 e. The Kier molecular flexibility index (Phi) is 6.00. The first-order valence-corrected chi connectivity index (χ1v) is 8.76. The van der Waals surface area contributed by atoms with E-state index in [0.717, 1.165) is 25.9 Å². The zero-order valence-electron chi connectivity index (χ0n) is 14.5. The Morgan fingerprint density at radius 3 is 2.54 bits per heavy atom. The summed E-state index contributed by atoms with van der Waals surface area (Å²) in [6, 6.07) is 2.78. The summed E-state index contributed by atoms with van der Waals surface area (Å²) in [5.74, 6) is 0.518. The first-order chi connectivity index (χ1) is 12.6. The Bertz CT molecular complexity index is 699. The Hall–Kier alpha value is -2.68. The average Bonchev–Trinajstić information content (AvgIpc) is 3.03. The van der Waals surface area contributed by atoms with Crippen LogP contribution in [-0.4, -0.2) is 48.4 Å². The van der Waals surface area contributed by atoms with Gasteiger partial charge in [-0.05, 0) is 32.0 Å². The van der Waals surface area contributed by atoms with E-state index in [1.807, 2.05) is 0 Å². The lowest BCUT2D eigenvalue weighted by Crippen LogP contribution is -2.37. The first kappa shape index (κ1) is 18.1. The Morgan fingerprint density at radius 1 is 1.19 bits per heavy atom. The maximum atomic E-state index is 12.1. The number of carbonyl (C=O) groups is 1. The Labute approximate surface area is 151 Å². The highest BCUT2D eigenvalue weighted by Crippen LogP contribution is 2.37. The third-order valence-electron chi connectivity index (χ3n) is 4.43. The molecule has 0 aliphatic carbocycles. The molecule has 2 aliphatic heterocycles. The molecule has 1 fully saturated rings. The number of hydrogen-bond donors (Lipinski definition) is 1. The van der Waals surface area contributed by atoms with Gasteiger partial charge in [0.15, 0.2) is 11.5 Å². The number of nitro groups is 1. The van der Waals surface area contributed by atoms with E-state index in [0.29, 0.717) is 11.5 Å². The van der Waals surface area contributed by atoms with Crippen LogP contribution in [0.1, 0.15) is 37.7 Å². The number of fused-ring (bicyclic) bond motifs is 1. The van der Waals surface area contributed by atoms with E-state index in [2.05, 4.69) is 15.4 Å². The Morgan fingerprint density at radius 2 is 1.85 bits per heavy atom. The number of nitrogens with one attached hydrogen (secondary N) is 1. The monoisotopic (exact) mass is 362 g/mol. The molecule has 2 heterocycles. The minimum atomic E-state index is -0.522.